The molecule has 1 unspecified atom stereocenters. The van der Waals surface area contributed by atoms with E-state index in [-0.39, 0.29) is 24.6 Å². The molecule has 0 aromatic heterocycles. The van der Waals surface area contributed by atoms with Crippen LogP contribution in [0.4, 0.5) is 0 Å². The molecule has 0 saturated heterocycles. The lowest BCUT2D eigenvalue weighted by Crippen LogP contribution is -2.34. The van der Waals surface area contributed by atoms with Gasteiger partial charge in [0.15, 0.2) is 6.61 Å². The summed E-state index contributed by atoms with van der Waals surface area (Å²) in [5, 5.41) is 6.15. The predicted molar refractivity (Wildman–Crippen MR) is 77.3 cm³/mol. The zero-order chi connectivity index (χ0) is 14.3. The Balaban J connectivity index is 2.65. The van der Waals surface area contributed by atoms with Crippen LogP contribution in [0, 0.1) is 0 Å². The van der Waals surface area contributed by atoms with E-state index in [1.807, 2.05) is 38.1 Å². The van der Waals surface area contributed by atoms with Gasteiger partial charge in [-0.2, -0.15) is 0 Å². The Morgan fingerprint density at radius 3 is 2.58 bits per heavy atom. The summed E-state index contributed by atoms with van der Waals surface area (Å²) in [5.74, 6) is 0.663. The number of carbonyl (C=O) groups excluding carboxylic acids is 1. The molecule has 1 aromatic carbocycles. The average molecular weight is 264 g/mol. The van der Waals surface area contributed by atoms with E-state index in [0.29, 0.717) is 0 Å². The number of hydrogen-bond acceptors (Lipinski definition) is 3. The molecule has 1 aromatic rings. The van der Waals surface area contributed by atoms with Crippen LogP contribution in [0.15, 0.2) is 24.3 Å². The fourth-order valence-electron chi connectivity index (χ4n) is 1.89. The van der Waals surface area contributed by atoms with E-state index in [9.17, 15) is 4.79 Å². The zero-order valence-electron chi connectivity index (χ0n) is 12.2. The number of para-hydroxylation sites is 1. The van der Waals surface area contributed by atoms with E-state index in [1.165, 1.54) is 0 Å². The summed E-state index contributed by atoms with van der Waals surface area (Å²) >= 11 is 0. The first-order chi connectivity index (χ1) is 9.04. The lowest BCUT2D eigenvalue weighted by Gasteiger charge is -2.17. The Morgan fingerprint density at radius 2 is 1.95 bits per heavy atom. The molecule has 1 atom stereocenters. The second-order valence-electron chi connectivity index (χ2n) is 4.83. The third-order valence-corrected chi connectivity index (χ3v) is 2.70. The second kappa shape index (κ2) is 7.79. The van der Waals surface area contributed by atoms with Gasteiger partial charge in [-0.05, 0) is 33.4 Å². The van der Waals surface area contributed by atoms with Crippen LogP contribution in [-0.4, -0.2) is 25.1 Å². The van der Waals surface area contributed by atoms with Gasteiger partial charge in [0.05, 0.1) is 0 Å². The molecule has 19 heavy (non-hydrogen) atoms. The molecular weight excluding hydrogens is 240 g/mol. The summed E-state index contributed by atoms with van der Waals surface area (Å²) in [6.45, 7) is 8.95. The van der Waals surface area contributed by atoms with Gasteiger partial charge in [0.2, 0.25) is 0 Å². The highest BCUT2D eigenvalue weighted by atomic mass is 16.5. The number of carbonyl (C=O) groups is 1. The Bertz CT molecular complexity index is 405. The van der Waals surface area contributed by atoms with E-state index in [1.54, 1.807) is 0 Å². The summed E-state index contributed by atoms with van der Waals surface area (Å²) in [6, 6.07) is 8.14. The van der Waals surface area contributed by atoms with Crippen LogP contribution in [0.5, 0.6) is 5.75 Å². The molecule has 0 aliphatic carbocycles. The molecule has 0 fully saturated rings. The maximum absolute atomic E-state index is 11.6. The van der Waals surface area contributed by atoms with Gasteiger partial charge in [0.25, 0.3) is 5.91 Å². The predicted octanol–water partition coefficient (Wildman–Crippen LogP) is 2.26. The third-order valence-electron chi connectivity index (χ3n) is 2.70. The van der Waals surface area contributed by atoms with Gasteiger partial charge in [-0.1, -0.05) is 25.1 Å². The Morgan fingerprint density at radius 1 is 1.26 bits per heavy atom. The minimum atomic E-state index is -0.0964. The number of rotatable bonds is 7. The van der Waals surface area contributed by atoms with E-state index in [2.05, 4.69) is 24.5 Å². The van der Waals surface area contributed by atoms with Crippen molar-refractivity contribution in [1.82, 2.24) is 10.6 Å². The molecule has 0 radical (unpaired) electrons. The number of amides is 1. The van der Waals surface area contributed by atoms with Gasteiger partial charge in [-0.25, -0.2) is 0 Å². The van der Waals surface area contributed by atoms with Crippen molar-refractivity contribution in [2.75, 3.05) is 13.2 Å². The first kappa shape index (κ1) is 15.5. The molecule has 0 heterocycles. The fraction of sp³-hybridized carbons (Fsp3) is 0.533. The molecule has 4 nitrogen and oxygen atoms in total. The van der Waals surface area contributed by atoms with Gasteiger partial charge in [-0.15, -0.1) is 0 Å². The summed E-state index contributed by atoms with van der Waals surface area (Å²) in [7, 11) is 0. The third kappa shape index (κ3) is 5.30. The Hall–Kier alpha value is -1.55. The first-order valence-electron chi connectivity index (χ1n) is 6.79. The minimum Gasteiger partial charge on any atom is -0.483 e. The normalized spacial score (nSPS) is 12.3. The fourth-order valence-corrected chi connectivity index (χ4v) is 1.89. The highest BCUT2D eigenvalue weighted by molar-refractivity contribution is 5.77. The van der Waals surface area contributed by atoms with Crippen LogP contribution >= 0.6 is 0 Å². The molecule has 0 bridgehead atoms. The Labute approximate surface area is 115 Å². The van der Waals surface area contributed by atoms with Crippen molar-refractivity contribution in [2.45, 2.75) is 39.8 Å². The van der Waals surface area contributed by atoms with E-state index in [0.717, 1.165) is 17.9 Å². The monoisotopic (exact) mass is 264 g/mol. The highest BCUT2D eigenvalue weighted by Gasteiger charge is 2.11. The molecule has 2 N–H and O–H groups in total. The number of nitrogens with one attached hydrogen (secondary N) is 2. The van der Waals surface area contributed by atoms with Gasteiger partial charge in [-0.3, -0.25) is 4.79 Å². The molecule has 0 spiro atoms. The Kier molecular flexibility index (Phi) is 6.36. The van der Waals surface area contributed by atoms with E-state index >= 15 is 0 Å². The van der Waals surface area contributed by atoms with Gasteiger partial charge < -0.3 is 15.4 Å². The van der Waals surface area contributed by atoms with Crippen molar-refractivity contribution >= 4 is 5.91 Å². The van der Waals surface area contributed by atoms with Crippen molar-refractivity contribution in [3.8, 4) is 5.75 Å². The zero-order valence-corrected chi connectivity index (χ0v) is 12.2. The molecule has 106 valence electrons. The highest BCUT2D eigenvalue weighted by Crippen LogP contribution is 2.24. The largest absolute Gasteiger partial charge is 0.483 e. The minimum absolute atomic E-state index is 0.0496. The van der Waals surface area contributed by atoms with Crippen molar-refractivity contribution in [1.29, 1.82) is 0 Å². The number of ether oxygens (including phenoxy) is 1. The standard InChI is InChI=1S/C15H24N2O2/c1-5-16-12(4)13-8-6-7-9-14(13)19-10-15(18)17-11(2)3/h6-9,11-12,16H,5,10H2,1-4H3,(H,17,18). The van der Waals surface area contributed by atoms with Crippen LogP contribution in [0.3, 0.4) is 0 Å². The van der Waals surface area contributed by atoms with Crippen molar-refractivity contribution < 1.29 is 9.53 Å². The smallest absolute Gasteiger partial charge is 0.258 e. The first-order valence-corrected chi connectivity index (χ1v) is 6.79. The van der Waals surface area contributed by atoms with Gasteiger partial charge in [0, 0.05) is 17.6 Å². The summed E-state index contributed by atoms with van der Waals surface area (Å²) < 4.78 is 5.62. The topological polar surface area (TPSA) is 50.4 Å². The van der Waals surface area contributed by atoms with Crippen molar-refractivity contribution in [3.63, 3.8) is 0 Å². The van der Waals surface area contributed by atoms with Crippen molar-refractivity contribution in [3.05, 3.63) is 29.8 Å². The van der Waals surface area contributed by atoms with Crippen LogP contribution in [0.25, 0.3) is 0 Å². The van der Waals surface area contributed by atoms with Crippen LogP contribution < -0.4 is 15.4 Å². The maximum Gasteiger partial charge on any atom is 0.258 e. The molecule has 0 saturated carbocycles. The lowest BCUT2D eigenvalue weighted by atomic mass is 10.1. The molecule has 1 amide bonds. The summed E-state index contributed by atoms with van der Waals surface area (Å²) in [4.78, 5) is 11.6. The van der Waals surface area contributed by atoms with Crippen molar-refractivity contribution in [2.24, 2.45) is 0 Å². The van der Waals surface area contributed by atoms with Crippen LogP contribution in [0.2, 0.25) is 0 Å². The average Bonchev–Trinajstić information content (AvgIpc) is 2.36. The summed E-state index contributed by atoms with van der Waals surface area (Å²) in [5.41, 5.74) is 1.07. The quantitative estimate of drug-likeness (QED) is 0.794. The second-order valence-corrected chi connectivity index (χ2v) is 4.83. The van der Waals surface area contributed by atoms with Crippen LogP contribution in [0.1, 0.15) is 39.3 Å². The molecule has 1 rings (SSSR count). The SMILES string of the molecule is CCNC(C)c1ccccc1OCC(=O)NC(C)C. The number of benzene rings is 1. The van der Waals surface area contributed by atoms with Gasteiger partial charge >= 0.3 is 0 Å². The molecule has 0 aliphatic rings. The summed E-state index contributed by atoms with van der Waals surface area (Å²) in [6.07, 6.45) is 0. The maximum atomic E-state index is 11.6. The van der Waals surface area contributed by atoms with E-state index in [4.69, 9.17) is 4.74 Å². The number of hydrogen-bond donors (Lipinski definition) is 2. The van der Waals surface area contributed by atoms with Crippen LogP contribution in [-0.2, 0) is 4.79 Å². The van der Waals surface area contributed by atoms with Gasteiger partial charge in [0.1, 0.15) is 5.75 Å². The molecule has 0 aliphatic heterocycles. The van der Waals surface area contributed by atoms with E-state index < -0.39 is 0 Å². The molecular formula is C15H24N2O2. The lowest BCUT2D eigenvalue weighted by molar-refractivity contribution is -0.123. The molecule has 4 heteroatoms.